The van der Waals surface area contributed by atoms with Crippen LogP contribution in [0.2, 0.25) is 5.02 Å². The topological polar surface area (TPSA) is 17.1 Å². The lowest BCUT2D eigenvalue weighted by Crippen LogP contribution is -1.95. The first kappa shape index (κ1) is 14.8. The minimum atomic E-state index is -0.000395. The van der Waals surface area contributed by atoms with Gasteiger partial charge in [-0.1, -0.05) is 49.7 Å². The van der Waals surface area contributed by atoms with Gasteiger partial charge in [-0.15, -0.1) is 0 Å². The molecule has 0 aliphatic rings. The zero-order valence-corrected chi connectivity index (χ0v) is 12.9. The van der Waals surface area contributed by atoms with E-state index in [0.29, 0.717) is 10.6 Å². The van der Waals surface area contributed by atoms with Crippen molar-refractivity contribution in [2.45, 2.75) is 33.6 Å². The summed E-state index contributed by atoms with van der Waals surface area (Å²) in [5.74, 6) is -0.000395. The summed E-state index contributed by atoms with van der Waals surface area (Å²) in [6.45, 7) is 5.84. The van der Waals surface area contributed by atoms with Crippen molar-refractivity contribution in [3.8, 4) is 11.1 Å². The Morgan fingerprint density at radius 1 is 1.05 bits per heavy atom. The van der Waals surface area contributed by atoms with Crippen LogP contribution in [0.3, 0.4) is 0 Å². The number of hydrogen-bond acceptors (Lipinski definition) is 1. The smallest absolute Gasteiger partial charge is 0.161 e. The van der Waals surface area contributed by atoms with E-state index >= 15 is 0 Å². The lowest BCUT2D eigenvalue weighted by atomic mass is 9.94. The van der Waals surface area contributed by atoms with Crippen molar-refractivity contribution >= 4 is 17.4 Å². The summed E-state index contributed by atoms with van der Waals surface area (Å²) in [7, 11) is 0. The molecule has 2 rings (SSSR count). The number of carbonyl (C=O) groups excluding carboxylic acids is 1. The third kappa shape index (κ3) is 2.94. The van der Waals surface area contributed by atoms with Gasteiger partial charge in [-0.25, -0.2) is 0 Å². The molecule has 0 heterocycles. The first-order chi connectivity index (χ1) is 9.56. The third-order valence-corrected chi connectivity index (χ3v) is 3.94. The summed E-state index contributed by atoms with van der Waals surface area (Å²) in [6.07, 6.45) is 1.99. The molecule has 0 amide bonds. The predicted molar refractivity (Wildman–Crippen MR) is 85.6 cm³/mol. The lowest BCUT2D eigenvalue weighted by Gasteiger charge is -2.12. The van der Waals surface area contributed by atoms with E-state index in [0.717, 1.165) is 18.4 Å². The van der Waals surface area contributed by atoms with E-state index in [1.165, 1.54) is 23.6 Å². The summed E-state index contributed by atoms with van der Waals surface area (Å²) in [6, 6.07) is 12.3. The molecular weight excluding hydrogens is 268 g/mol. The molecule has 0 saturated carbocycles. The minimum Gasteiger partial charge on any atom is -0.294 e. The van der Waals surface area contributed by atoms with Gasteiger partial charge in [0, 0.05) is 5.56 Å². The Balaban J connectivity index is 2.55. The van der Waals surface area contributed by atoms with E-state index in [9.17, 15) is 4.79 Å². The normalized spacial score (nSPS) is 10.6. The summed E-state index contributed by atoms with van der Waals surface area (Å²) in [4.78, 5) is 11.5. The van der Waals surface area contributed by atoms with Crippen LogP contribution in [0.15, 0.2) is 36.4 Å². The monoisotopic (exact) mass is 286 g/mol. The van der Waals surface area contributed by atoms with E-state index in [2.05, 4.69) is 32.0 Å². The van der Waals surface area contributed by atoms with Gasteiger partial charge in [-0.05, 0) is 54.2 Å². The van der Waals surface area contributed by atoms with Gasteiger partial charge in [0.15, 0.2) is 5.78 Å². The van der Waals surface area contributed by atoms with Crippen LogP contribution < -0.4 is 0 Å². The van der Waals surface area contributed by atoms with Crippen molar-refractivity contribution in [3.63, 3.8) is 0 Å². The largest absolute Gasteiger partial charge is 0.294 e. The molecule has 0 fully saturated rings. The van der Waals surface area contributed by atoms with E-state index in [1.807, 2.05) is 18.2 Å². The molecule has 1 nitrogen and oxygen atoms in total. The Morgan fingerprint density at radius 2 is 1.80 bits per heavy atom. The Bertz CT molecular complexity index is 644. The van der Waals surface area contributed by atoms with Gasteiger partial charge in [-0.2, -0.15) is 0 Å². The molecule has 2 heteroatoms. The Hall–Kier alpha value is -1.60. The van der Waals surface area contributed by atoms with Gasteiger partial charge >= 0.3 is 0 Å². The highest BCUT2D eigenvalue weighted by Crippen LogP contribution is 2.30. The number of rotatable bonds is 4. The van der Waals surface area contributed by atoms with E-state index in [1.54, 1.807) is 0 Å². The molecule has 20 heavy (non-hydrogen) atoms. The third-order valence-electron chi connectivity index (χ3n) is 3.62. The maximum atomic E-state index is 11.5. The van der Waals surface area contributed by atoms with E-state index in [-0.39, 0.29) is 5.78 Å². The molecule has 0 bridgehead atoms. The zero-order valence-electron chi connectivity index (χ0n) is 12.2. The fourth-order valence-electron chi connectivity index (χ4n) is 2.39. The van der Waals surface area contributed by atoms with Crippen LogP contribution in [-0.4, -0.2) is 5.78 Å². The molecule has 0 unspecified atom stereocenters. The molecule has 0 radical (unpaired) electrons. The summed E-state index contributed by atoms with van der Waals surface area (Å²) in [5, 5.41) is 0.527. The van der Waals surface area contributed by atoms with E-state index < -0.39 is 0 Å². The van der Waals surface area contributed by atoms with Crippen LogP contribution in [0.4, 0.5) is 0 Å². The van der Waals surface area contributed by atoms with Crippen molar-refractivity contribution in [2.24, 2.45) is 0 Å². The highest BCUT2D eigenvalue weighted by atomic mass is 35.5. The Kier molecular flexibility index (Phi) is 4.61. The lowest BCUT2D eigenvalue weighted by molar-refractivity contribution is 0.101. The fraction of sp³-hybridized carbons (Fsp3) is 0.278. The predicted octanol–water partition coefficient (Wildman–Crippen LogP) is 5.33. The van der Waals surface area contributed by atoms with Crippen molar-refractivity contribution < 1.29 is 4.79 Å². The molecule has 0 spiro atoms. The number of hydrogen-bond donors (Lipinski definition) is 0. The number of Topliss-reactive ketones (excluding diaryl/α,β-unsaturated/α-hetero) is 1. The van der Waals surface area contributed by atoms with Crippen LogP contribution in [-0.2, 0) is 12.8 Å². The average molecular weight is 287 g/mol. The number of carbonyl (C=O) groups is 1. The van der Waals surface area contributed by atoms with Gasteiger partial charge in [-0.3, -0.25) is 4.79 Å². The molecule has 0 N–H and O–H groups in total. The maximum absolute atomic E-state index is 11.5. The average Bonchev–Trinajstić information content (AvgIpc) is 2.46. The zero-order chi connectivity index (χ0) is 14.7. The summed E-state index contributed by atoms with van der Waals surface area (Å²) in [5.41, 5.74) is 5.48. The second-order valence-corrected chi connectivity index (χ2v) is 5.36. The SMILES string of the molecule is CCc1ccc(CC)c(-c2ccc(C(C)=O)c(Cl)c2)c1. The second kappa shape index (κ2) is 6.23. The maximum Gasteiger partial charge on any atom is 0.161 e. The quantitative estimate of drug-likeness (QED) is 0.694. The molecule has 2 aromatic rings. The first-order valence-electron chi connectivity index (χ1n) is 6.99. The van der Waals surface area contributed by atoms with Gasteiger partial charge in [0.2, 0.25) is 0 Å². The van der Waals surface area contributed by atoms with Gasteiger partial charge in [0.25, 0.3) is 0 Å². The molecule has 0 aliphatic carbocycles. The van der Waals surface area contributed by atoms with Crippen LogP contribution >= 0.6 is 11.6 Å². The number of halogens is 1. The van der Waals surface area contributed by atoms with Crippen LogP contribution in [0.25, 0.3) is 11.1 Å². The molecule has 104 valence electrons. The summed E-state index contributed by atoms with van der Waals surface area (Å²) < 4.78 is 0. The standard InChI is InChI=1S/C18H19ClO/c1-4-13-6-7-14(5-2)17(10-13)15-8-9-16(12(3)20)18(19)11-15/h6-11H,4-5H2,1-3H3. The molecule has 0 aromatic heterocycles. The van der Waals surface area contributed by atoms with Crippen LogP contribution in [0, 0.1) is 0 Å². The van der Waals surface area contributed by atoms with Gasteiger partial charge in [0.1, 0.15) is 0 Å². The van der Waals surface area contributed by atoms with Gasteiger partial charge < -0.3 is 0 Å². The number of benzene rings is 2. The van der Waals surface area contributed by atoms with Crippen LogP contribution in [0.5, 0.6) is 0 Å². The highest BCUT2D eigenvalue weighted by Gasteiger charge is 2.10. The number of ketones is 1. The molecule has 0 aliphatic heterocycles. The fourth-order valence-corrected chi connectivity index (χ4v) is 2.70. The van der Waals surface area contributed by atoms with Crippen molar-refractivity contribution in [2.75, 3.05) is 0 Å². The second-order valence-electron chi connectivity index (χ2n) is 4.95. The minimum absolute atomic E-state index is 0.000395. The van der Waals surface area contributed by atoms with Crippen molar-refractivity contribution in [1.29, 1.82) is 0 Å². The molecule has 0 atom stereocenters. The highest BCUT2D eigenvalue weighted by molar-refractivity contribution is 6.34. The molecular formula is C18H19ClO. The Labute approximate surface area is 125 Å². The van der Waals surface area contributed by atoms with Crippen LogP contribution in [0.1, 0.15) is 42.3 Å². The molecule has 2 aromatic carbocycles. The van der Waals surface area contributed by atoms with Crippen molar-refractivity contribution in [1.82, 2.24) is 0 Å². The van der Waals surface area contributed by atoms with Crippen molar-refractivity contribution in [3.05, 3.63) is 58.1 Å². The van der Waals surface area contributed by atoms with Gasteiger partial charge in [0.05, 0.1) is 5.02 Å². The summed E-state index contributed by atoms with van der Waals surface area (Å²) >= 11 is 6.22. The first-order valence-corrected chi connectivity index (χ1v) is 7.37. The molecule has 0 saturated heterocycles. The van der Waals surface area contributed by atoms with E-state index in [4.69, 9.17) is 11.6 Å². The number of aryl methyl sites for hydroxylation is 2. The Morgan fingerprint density at radius 3 is 2.35 bits per heavy atom.